The van der Waals surface area contributed by atoms with Crippen LogP contribution in [-0.2, 0) is 6.42 Å². The Labute approximate surface area is 164 Å². The number of aromatic nitrogens is 2. The van der Waals surface area contributed by atoms with E-state index in [4.69, 9.17) is 4.74 Å². The minimum atomic E-state index is -0.173. The van der Waals surface area contributed by atoms with Crippen molar-refractivity contribution < 1.29 is 9.53 Å². The summed E-state index contributed by atoms with van der Waals surface area (Å²) < 4.78 is 7.21. The minimum absolute atomic E-state index is 0.0505. The van der Waals surface area contributed by atoms with Gasteiger partial charge in [-0.25, -0.2) is 4.68 Å². The summed E-state index contributed by atoms with van der Waals surface area (Å²) in [6.45, 7) is 3.83. The van der Waals surface area contributed by atoms with E-state index in [0.29, 0.717) is 5.75 Å². The Balaban J connectivity index is 1.49. The third-order valence-electron chi connectivity index (χ3n) is 4.98. The average molecular weight is 370 g/mol. The zero-order chi connectivity index (χ0) is 19.5. The van der Waals surface area contributed by atoms with Gasteiger partial charge in [-0.3, -0.25) is 4.79 Å². The highest BCUT2D eigenvalue weighted by Gasteiger charge is 2.17. The van der Waals surface area contributed by atoms with Crippen LogP contribution in [0.25, 0.3) is 10.8 Å². The quantitative estimate of drug-likeness (QED) is 0.498. The van der Waals surface area contributed by atoms with Crippen molar-refractivity contribution in [1.29, 1.82) is 0 Å². The zero-order valence-corrected chi connectivity index (χ0v) is 16.1. The first kappa shape index (κ1) is 18.0. The van der Waals surface area contributed by atoms with Gasteiger partial charge < -0.3 is 4.74 Å². The van der Waals surface area contributed by atoms with Crippen LogP contribution in [0, 0.1) is 13.8 Å². The molecule has 28 heavy (non-hydrogen) atoms. The van der Waals surface area contributed by atoms with Crippen LogP contribution in [0.2, 0.25) is 0 Å². The van der Waals surface area contributed by atoms with E-state index >= 15 is 0 Å². The maximum atomic E-state index is 12.7. The molecule has 0 aliphatic heterocycles. The van der Waals surface area contributed by atoms with Gasteiger partial charge >= 0.3 is 0 Å². The molecule has 0 unspecified atom stereocenters. The van der Waals surface area contributed by atoms with Crippen molar-refractivity contribution in [3.05, 3.63) is 95.3 Å². The van der Waals surface area contributed by atoms with Gasteiger partial charge in [0.25, 0.3) is 5.91 Å². The predicted octanol–water partition coefficient (Wildman–Crippen LogP) is 4.96. The molecule has 0 amide bonds. The van der Waals surface area contributed by atoms with E-state index in [1.54, 1.807) is 0 Å². The normalized spacial score (nSPS) is 10.9. The Morgan fingerprint density at radius 3 is 2.43 bits per heavy atom. The van der Waals surface area contributed by atoms with Gasteiger partial charge in [0, 0.05) is 17.7 Å². The summed E-state index contributed by atoms with van der Waals surface area (Å²) in [6, 6.07) is 24.1. The first-order chi connectivity index (χ1) is 13.6. The van der Waals surface area contributed by atoms with Gasteiger partial charge in [0.05, 0.1) is 5.69 Å². The van der Waals surface area contributed by atoms with E-state index in [0.717, 1.165) is 34.1 Å². The van der Waals surface area contributed by atoms with Crippen molar-refractivity contribution in [3.8, 4) is 5.75 Å². The lowest BCUT2D eigenvalue weighted by Crippen LogP contribution is -2.21. The molecule has 1 aromatic heterocycles. The van der Waals surface area contributed by atoms with Crippen molar-refractivity contribution in [2.75, 3.05) is 6.61 Å². The SMILES string of the molecule is Cc1nn(C(=O)COc2ccc3ccccc3c2)c(C)c1Cc1ccccc1. The fraction of sp³-hybridized carbons (Fsp3) is 0.167. The second kappa shape index (κ2) is 7.69. The lowest BCUT2D eigenvalue weighted by atomic mass is 10.0. The number of rotatable bonds is 5. The Bertz CT molecular complexity index is 1130. The Hall–Kier alpha value is -3.40. The first-order valence-electron chi connectivity index (χ1n) is 9.35. The van der Waals surface area contributed by atoms with Crippen LogP contribution in [0.15, 0.2) is 72.8 Å². The van der Waals surface area contributed by atoms with Crippen LogP contribution in [-0.4, -0.2) is 22.3 Å². The number of fused-ring (bicyclic) bond motifs is 1. The molecule has 0 atom stereocenters. The fourth-order valence-corrected chi connectivity index (χ4v) is 3.44. The van der Waals surface area contributed by atoms with E-state index < -0.39 is 0 Å². The number of ether oxygens (including phenoxy) is 1. The van der Waals surface area contributed by atoms with Gasteiger partial charge in [-0.15, -0.1) is 0 Å². The summed E-state index contributed by atoms with van der Waals surface area (Å²) in [4.78, 5) is 12.7. The fourth-order valence-electron chi connectivity index (χ4n) is 3.44. The van der Waals surface area contributed by atoms with E-state index in [1.165, 1.54) is 10.2 Å². The molecular weight excluding hydrogens is 348 g/mol. The topological polar surface area (TPSA) is 44.1 Å². The number of benzene rings is 3. The van der Waals surface area contributed by atoms with Gasteiger partial charge in [-0.1, -0.05) is 60.7 Å². The Morgan fingerprint density at radius 1 is 0.929 bits per heavy atom. The molecule has 0 spiro atoms. The zero-order valence-electron chi connectivity index (χ0n) is 16.1. The molecule has 3 aromatic carbocycles. The molecule has 0 saturated heterocycles. The highest BCUT2D eigenvalue weighted by atomic mass is 16.5. The maximum Gasteiger partial charge on any atom is 0.284 e. The number of aryl methyl sites for hydroxylation is 1. The van der Waals surface area contributed by atoms with Crippen molar-refractivity contribution in [2.45, 2.75) is 20.3 Å². The van der Waals surface area contributed by atoms with E-state index in [2.05, 4.69) is 23.3 Å². The number of hydrogen-bond acceptors (Lipinski definition) is 3. The summed E-state index contributed by atoms with van der Waals surface area (Å²) in [5.41, 5.74) is 4.03. The highest BCUT2D eigenvalue weighted by Crippen LogP contribution is 2.21. The molecule has 0 N–H and O–H groups in total. The maximum absolute atomic E-state index is 12.7. The summed E-state index contributed by atoms with van der Waals surface area (Å²) in [7, 11) is 0. The monoisotopic (exact) mass is 370 g/mol. The van der Waals surface area contributed by atoms with Crippen molar-refractivity contribution in [3.63, 3.8) is 0 Å². The van der Waals surface area contributed by atoms with E-state index in [-0.39, 0.29) is 12.5 Å². The second-order valence-electron chi connectivity index (χ2n) is 6.91. The molecule has 1 heterocycles. The molecule has 4 nitrogen and oxygen atoms in total. The van der Waals surface area contributed by atoms with Gasteiger partial charge in [0.1, 0.15) is 5.75 Å². The third-order valence-corrected chi connectivity index (χ3v) is 4.98. The summed E-state index contributed by atoms with van der Waals surface area (Å²) in [6.07, 6.45) is 0.761. The molecule has 0 bridgehead atoms. The summed E-state index contributed by atoms with van der Waals surface area (Å²) >= 11 is 0. The van der Waals surface area contributed by atoms with Crippen LogP contribution in [0.3, 0.4) is 0 Å². The lowest BCUT2D eigenvalue weighted by Gasteiger charge is -2.08. The van der Waals surface area contributed by atoms with Gasteiger partial charge in [-0.05, 0) is 42.3 Å². The standard InChI is InChI=1S/C24H22N2O2/c1-17-23(14-19-8-4-3-5-9-19)18(2)26(25-17)24(27)16-28-22-13-12-20-10-6-7-11-21(20)15-22/h3-13,15H,14,16H2,1-2H3. The van der Waals surface area contributed by atoms with Gasteiger partial charge in [0.15, 0.2) is 6.61 Å². The number of carbonyl (C=O) groups excluding carboxylic acids is 1. The number of hydrogen-bond donors (Lipinski definition) is 0. The summed E-state index contributed by atoms with van der Waals surface area (Å²) in [5.74, 6) is 0.506. The second-order valence-corrected chi connectivity index (χ2v) is 6.91. The van der Waals surface area contributed by atoms with Crippen LogP contribution in [0.4, 0.5) is 0 Å². The molecule has 4 aromatic rings. The minimum Gasteiger partial charge on any atom is -0.484 e. The molecule has 0 aliphatic rings. The number of nitrogens with zero attached hydrogens (tertiary/aromatic N) is 2. The van der Waals surface area contributed by atoms with Crippen LogP contribution in [0.5, 0.6) is 5.75 Å². The Kier molecular flexibility index (Phi) is 4.94. The molecule has 0 radical (unpaired) electrons. The van der Waals surface area contributed by atoms with E-state index in [1.807, 2.05) is 68.4 Å². The predicted molar refractivity (Wildman–Crippen MR) is 111 cm³/mol. The molecule has 0 saturated carbocycles. The van der Waals surface area contributed by atoms with Gasteiger partial charge in [0.2, 0.25) is 0 Å². The summed E-state index contributed by atoms with van der Waals surface area (Å²) in [5, 5.41) is 6.69. The molecule has 4 rings (SSSR count). The third kappa shape index (κ3) is 3.67. The van der Waals surface area contributed by atoms with Gasteiger partial charge in [-0.2, -0.15) is 5.10 Å². The molecule has 140 valence electrons. The van der Waals surface area contributed by atoms with E-state index in [9.17, 15) is 4.79 Å². The van der Waals surface area contributed by atoms with Crippen molar-refractivity contribution in [2.24, 2.45) is 0 Å². The largest absolute Gasteiger partial charge is 0.484 e. The van der Waals surface area contributed by atoms with Crippen LogP contribution >= 0.6 is 0 Å². The molecular formula is C24H22N2O2. The highest BCUT2D eigenvalue weighted by molar-refractivity contribution is 5.84. The number of carbonyl (C=O) groups is 1. The molecule has 0 aliphatic carbocycles. The smallest absolute Gasteiger partial charge is 0.284 e. The molecule has 4 heteroatoms. The van der Waals surface area contributed by atoms with Crippen molar-refractivity contribution >= 4 is 16.7 Å². The average Bonchev–Trinajstić information content (AvgIpc) is 3.01. The first-order valence-corrected chi connectivity index (χ1v) is 9.35. The van der Waals surface area contributed by atoms with Crippen LogP contribution in [0.1, 0.15) is 27.3 Å². The van der Waals surface area contributed by atoms with Crippen LogP contribution < -0.4 is 4.74 Å². The van der Waals surface area contributed by atoms with Crippen molar-refractivity contribution in [1.82, 2.24) is 9.78 Å². The molecule has 0 fully saturated rings. The Morgan fingerprint density at radius 2 is 1.64 bits per heavy atom. The lowest BCUT2D eigenvalue weighted by molar-refractivity contribution is 0.0818.